The van der Waals surface area contributed by atoms with Gasteiger partial charge in [0.25, 0.3) is 5.91 Å². The highest BCUT2D eigenvalue weighted by Gasteiger charge is 2.23. The lowest BCUT2D eigenvalue weighted by Crippen LogP contribution is -2.27. The van der Waals surface area contributed by atoms with Crippen molar-refractivity contribution in [2.24, 2.45) is 0 Å². The molecule has 0 N–H and O–H groups in total. The van der Waals surface area contributed by atoms with Crippen molar-refractivity contribution >= 4 is 33.5 Å². The standard InChI is InChI=1S/C17H20BrNO3/c1-12(4-3-5-17(21)22-2)10-16(20)19-9-8-13-6-7-14(18)11-15(13)19/h6-7,10-11H,3-5,8-9H2,1-2H3/b12-10+. The molecule has 0 spiro atoms. The molecule has 1 amide bonds. The van der Waals surface area contributed by atoms with Crippen LogP contribution in [0.25, 0.3) is 0 Å². The van der Waals surface area contributed by atoms with Crippen LogP contribution in [0.15, 0.2) is 34.3 Å². The van der Waals surface area contributed by atoms with Crippen LogP contribution < -0.4 is 4.90 Å². The minimum atomic E-state index is -0.211. The summed E-state index contributed by atoms with van der Waals surface area (Å²) < 4.78 is 5.58. The largest absolute Gasteiger partial charge is 0.469 e. The zero-order chi connectivity index (χ0) is 16.1. The van der Waals surface area contributed by atoms with E-state index in [1.54, 1.807) is 6.08 Å². The fourth-order valence-corrected chi connectivity index (χ4v) is 2.90. The average Bonchev–Trinajstić information content (AvgIpc) is 2.89. The zero-order valence-corrected chi connectivity index (χ0v) is 14.5. The molecular weight excluding hydrogens is 346 g/mol. The third-order valence-electron chi connectivity index (χ3n) is 3.76. The van der Waals surface area contributed by atoms with Gasteiger partial charge in [0, 0.05) is 29.2 Å². The molecule has 5 heteroatoms. The molecule has 0 atom stereocenters. The van der Waals surface area contributed by atoms with E-state index in [1.165, 1.54) is 12.7 Å². The van der Waals surface area contributed by atoms with Crippen molar-refractivity contribution < 1.29 is 14.3 Å². The summed E-state index contributed by atoms with van der Waals surface area (Å²) in [5.74, 6) is -0.204. The van der Waals surface area contributed by atoms with Crippen LogP contribution >= 0.6 is 15.9 Å². The summed E-state index contributed by atoms with van der Waals surface area (Å²) in [6, 6.07) is 6.04. The average molecular weight is 366 g/mol. The van der Waals surface area contributed by atoms with E-state index >= 15 is 0 Å². The molecule has 0 saturated carbocycles. The first-order chi connectivity index (χ1) is 10.5. The van der Waals surface area contributed by atoms with E-state index in [9.17, 15) is 9.59 Å². The van der Waals surface area contributed by atoms with Crippen molar-refractivity contribution in [1.82, 2.24) is 0 Å². The van der Waals surface area contributed by atoms with Crippen molar-refractivity contribution in [1.29, 1.82) is 0 Å². The molecule has 0 unspecified atom stereocenters. The molecule has 0 saturated heterocycles. The summed E-state index contributed by atoms with van der Waals surface area (Å²) >= 11 is 3.45. The first kappa shape index (κ1) is 16.7. The van der Waals surface area contributed by atoms with Gasteiger partial charge >= 0.3 is 5.97 Å². The molecule has 118 valence electrons. The number of methoxy groups -OCH3 is 1. The Bertz CT molecular complexity index is 610. The van der Waals surface area contributed by atoms with Gasteiger partial charge in [-0.2, -0.15) is 0 Å². The van der Waals surface area contributed by atoms with Crippen LogP contribution in [0.1, 0.15) is 31.7 Å². The van der Waals surface area contributed by atoms with Gasteiger partial charge in [-0.05, 0) is 43.9 Å². The molecular formula is C17H20BrNO3. The topological polar surface area (TPSA) is 46.6 Å². The molecule has 0 bridgehead atoms. The summed E-state index contributed by atoms with van der Waals surface area (Å²) in [5.41, 5.74) is 3.17. The lowest BCUT2D eigenvalue weighted by atomic mass is 10.1. The number of hydrogen-bond donors (Lipinski definition) is 0. The van der Waals surface area contributed by atoms with Gasteiger partial charge < -0.3 is 9.64 Å². The Labute approximate surface area is 139 Å². The first-order valence-electron chi connectivity index (χ1n) is 7.35. The number of carbonyl (C=O) groups excluding carboxylic acids is 2. The number of esters is 1. The minimum absolute atomic E-state index is 0.00687. The van der Waals surface area contributed by atoms with E-state index < -0.39 is 0 Å². The molecule has 0 aliphatic carbocycles. The van der Waals surface area contributed by atoms with Crippen LogP contribution in [0.2, 0.25) is 0 Å². The number of fused-ring (bicyclic) bond motifs is 1. The van der Waals surface area contributed by atoms with Crippen molar-refractivity contribution in [3.63, 3.8) is 0 Å². The number of allylic oxidation sites excluding steroid dienone is 1. The maximum Gasteiger partial charge on any atom is 0.305 e. The number of halogens is 1. The normalized spacial score (nSPS) is 14.0. The highest BCUT2D eigenvalue weighted by atomic mass is 79.9. The van der Waals surface area contributed by atoms with Gasteiger partial charge in [-0.15, -0.1) is 0 Å². The second-order valence-corrected chi connectivity index (χ2v) is 6.35. The molecule has 2 rings (SSSR count). The summed E-state index contributed by atoms with van der Waals surface area (Å²) in [6.45, 7) is 2.64. The summed E-state index contributed by atoms with van der Waals surface area (Å²) in [5, 5.41) is 0. The maximum absolute atomic E-state index is 12.4. The second-order valence-electron chi connectivity index (χ2n) is 5.43. The number of ether oxygens (including phenoxy) is 1. The Morgan fingerprint density at radius 2 is 2.14 bits per heavy atom. The maximum atomic E-state index is 12.4. The predicted octanol–water partition coefficient (Wildman–Crippen LogP) is 3.63. The lowest BCUT2D eigenvalue weighted by molar-refractivity contribution is -0.140. The van der Waals surface area contributed by atoms with E-state index in [-0.39, 0.29) is 11.9 Å². The molecule has 4 nitrogen and oxygen atoms in total. The Morgan fingerprint density at radius 3 is 2.86 bits per heavy atom. The van der Waals surface area contributed by atoms with Crippen LogP contribution in [0, 0.1) is 0 Å². The van der Waals surface area contributed by atoms with Gasteiger partial charge in [-0.1, -0.05) is 27.6 Å². The number of benzene rings is 1. The van der Waals surface area contributed by atoms with Crippen LogP contribution in [-0.2, 0) is 20.7 Å². The molecule has 22 heavy (non-hydrogen) atoms. The fraction of sp³-hybridized carbons (Fsp3) is 0.412. The SMILES string of the molecule is COC(=O)CCC/C(C)=C/C(=O)N1CCc2ccc(Br)cc21. The van der Waals surface area contributed by atoms with E-state index in [4.69, 9.17) is 0 Å². The molecule has 1 aliphatic heterocycles. The summed E-state index contributed by atoms with van der Waals surface area (Å²) in [7, 11) is 1.39. The van der Waals surface area contributed by atoms with Gasteiger partial charge in [0.2, 0.25) is 0 Å². The van der Waals surface area contributed by atoms with Crippen molar-refractivity contribution in [3.8, 4) is 0 Å². The number of nitrogens with zero attached hydrogens (tertiary/aromatic N) is 1. The Morgan fingerprint density at radius 1 is 1.36 bits per heavy atom. The number of amides is 1. The van der Waals surface area contributed by atoms with E-state index in [0.29, 0.717) is 12.8 Å². The van der Waals surface area contributed by atoms with Gasteiger partial charge in [0.05, 0.1) is 7.11 Å². The van der Waals surface area contributed by atoms with Crippen LogP contribution in [0.3, 0.4) is 0 Å². The molecule has 0 fully saturated rings. The summed E-state index contributed by atoms with van der Waals surface area (Å²) in [6.07, 6.45) is 4.37. The second kappa shape index (κ2) is 7.58. The summed E-state index contributed by atoms with van der Waals surface area (Å²) in [4.78, 5) is 25.3. The molecule has 0 aromatic heterocycles. The van der Waals surface area contributed by atoms with Crippen molar-refractivity contribution in [2.45, 2.75) is 32.6 Å². The number of hydrogen-bond acceptors (Lipinski definition) is 3. The molecule has 0 radical (unpaired) electrons. The van der Waals surface area contributed by atoms with Gasteiger partial charge in [0.1, 0.15) is 0 Å². The number of rotatable bonds is 5. The van der Waals surface area contributed by atoms with E-state index in [2.05, 4.69) is 26.7 Å². The third kappa shape index (κ3) is 4.19. The van der Waals surface area contributed by atoms with Crippen molar-refractivity contribution in [2.75, 3.05) is 18.6 Å². The lowest BCUT2D eigenvalue weighted by Gasteiger charge is -2.16. The smallest absolute Gasteiger partial charge is 0.305 e. The number of carbonyl (C=O) groups is 2. The third-order valence-corrected chi connectivity index (χ3v) is 4.25. The van der Waals surface area contributed by atoms with Crippen LogP contribution in [-0.4, -0.2) is 25.5 Å². The Hall–Kier alpha value is -1.62. The van der Waals surface area contributed by atoms with Gasteiger partial charge in [0.15, 0.2) is 0 Å². The molecule has 1 aromatic rings. The zero-order valence-electron chi connectivity index (χ0n) is 12.9. The number of anilines is 1. The van der Waals surface area contributed by atoms with E-state index in [1.807, 2.05) is 24.0 Å². The predicted molar refractivity (Wildman–Crippen MR) is 89.8 cm³/mol. The van der Waals surface area contributed by atoms with Gasteiger partial charge in [-0.3, -0.25) is 9.59 Å². The van der Waals surface area contributed by atoms with Gasteiger partial charge in [-0.25, -0.2) is 0 Å². The minimum Gasteiger partial charge on any atom is -0.469 e. The molecule has 1 aromatic carbocycles. The van der Waals surface area contributed by atoms with Crippen LogP contribution in [0.4, 0.5) is 5.69 Å². The van der Waals surface area contributed by atoms with E-state index in [0.717, 1.165) is 35.1 Å². The van der Waals surface area contributed by atoms with Crippen LogP contribution in [0.5, 0.6) is 0 Å². The van der Waals surface area contributed by atoms with Crippen molar-refractivity contribution in [3.05, 3.63) is 39.9 Å². The molecule has 1 aliphatic rings. The molecule has 1 heterocycles. The Balaban J connectivity index is 1.97. The quantitative estimate of drug-likeness (QED) is 0.591. The first-order valence-corrected chi connectivity index (χ1v) is 8.14. The fourth-order valence-electron chi connectivity index (χ4n) is 2.56. The highest BCUT2D eigenvalue weighted by molar-refractivity contribution is 9.10. The monoisotopic (exact) mass is 365 g/mol. The highest BCUT2D eigenvalue weighted by Crippen LogP contribution is 2.31. The Kier molecular flexibility index (Phi) is 5.77.